The van der Waals surface area contributed by atoms with Gasteiger partial charge in [0, 0.05) is 0 Å². The first-order valence-corrected chi connectivity index (χ1v) is 5.20. The lowest BCUT2D eigenvalue weighted by atomic mass is 10.1. The minimum Gasteiger partial charge on any atom is -0.361 e. The Morgan fingerprint density at radius 3 is 2.57 bits per heavy atom. The predicted molar refractivity (Wildman–Crippen MR) is 56.9 cm³/mol. The highest BCUT2D eigenvalue weighted by atomic mass is 16.5. The first-order chi connectivity index (χ1) is 6.77. The largest absolute Gasteiger partial charge is 0.361 e. The molecule has 0 saturated carbocycles. The van der Waals surface area contributed by atoms with Crippen LogP contribution < -0.4 is 5.32 Å². The lowest BCUT2D eigenvalue weighted by molar-refractivity contribution is 0.0644. The van der Waals surface area contributed by atoms with E-state index >= 15 is 0 Å². The van der Waals surface area contributed by atoms with Crippen molar-refractivity contribution in [2.24, 2.45) is 5.92 Å². The van der Waals surface area contributed by atoms with Gasteiger partial charge in [0.2, 0.25) is 0 Å². The first-order valence-electron chi connectivity index (χ1n) is 5.20. The molecule has 0 unspecified atom stereocenters. The molecule has 0 aromatic heterocycles. The number of hydrogen-bond acceptors (Lipinski definition) is 2. The summed E-state index contributed by atoms with van der Waals surface area (Å²) in [5, 5.41) is 3.48. The molecule has 1 saturated heterocycles. The summed E-state index contributed by atoms with van der Waals surface area (Å²) in [4.78, 5) is 0. The molecule has 1 aromatic carbocycles. The molecule has 1 fully saturated rings. The monoisotopic (exact) mass is 191 g/mol. The van der Waals surface area contributed by atoms with Crippen molar-refractivity contribution >= 4 is 0 Å². The Kier molecular flexibility index (Phi) is 2.85. The molecule has 1 N–H and O–H groups in total. The zero-order valence-electron chi connectivity index (χ0n) is 8.73. The van der Waals surface area contributed by atoms with Gasteiger partial charge in [0.1, 0.15) is 6.23 Å². The molecule has 2 heteroatoms. The third-order valence-corrected chi connectivity index (χ3v) is 2.62. The van der Waals surface area contributed by atoms with Gasteiger partial charge in [0.25, 0.3) is 0 Å². The normalized spacial score (nSPS) is 27.1. The third-order valence-electron chi connectivity index (χ3n) is 2.62. The molecule has 1 aliphatic heterocycles. The number of benzene rings is 1. The fourth-order valence-corrected chi connectivity index (χ4v) is 1.76. The lowest BCUT2D eigenvalue weighted by Gasteiger charge is -2.15. The Balaban J connectivity index is 2.03. The van der Waals surface area contributed by atoms with Crippen LogP contribution in [0.3, 0.4) is 0 Å². The van der Waals surface area contributed by atoms with Gasteiger partial charge in [-0.15, -0.1) is 0 Å². The fourth-order valence-electron chi connectivity index (χ4n) is 1.76. The van der Waals surface area contributed by atoms with Crippen LogP contribution in [0.2, 0.25) is 0 Å². The highest BCUT2D eigenvalue weighted by Crippen LogP contribution is 2.22. The van der Waals surface area contributed by atoms with Crippen LogP contribution in [0, 0.1) is 5.92 Å². The number of ether oxygens (including phenoxy) is 1. The average Bonchev–Trinajstić information content (AvgIpc) is 2.68. The minimum absolute atomic E-state index is 0.209. The maximum absolute atomic E-state index is 5.67. The van der Waals surface area contributed by atoms with Gasteiger partial charge in [0.15, 0.2) is 0 Å². The zero-order valence-corrected chi connectivity index (χ0v) is 8.73. The van der Waals surface area contributed by atoms with Gasteiger partial charge >= 0.3 is 0 Å². The van der Waals surface area contributed by atoms with Crippen molar-refractivity contribution < 1.29 is 4.74 Å². The van der Waals surface area contributed by atoms with Crippen LogP contribution in [0.5, 0.6) is 0 Å². The van der Waals surface area contributed by atoms with Crippen molar-refractivity contribution in [1.82, 2.24) is 5.32 Å². The zero-order chi connectivity index (χ0) is 9.97. The Morgan fingerprint density at radius 2 is 2.00 bits per heavy atom. The molecule has 2 atom stereocenters. The third kappa shape index (κ3) is 1.97. The summed E-state index contributed by atoms with van der Waals surface area (Å²) >= 11 is 0. The molecular formula is C12H17NO. The van der Waals surface area contributed by atoms with E-state index in [-0.39, 0.29) is 6.23 Å². The molecule has 14 heavy (non-hydrogen) atoms. The summed E-state index contributed by atoms with van der Waals surface area (Å²) < 4.78 is 5.67. The average molecular weight is 191 g/mol. The van der Waals surface area contributed by atoms with Gasteiger partial charge in [0.05, 0.1) is 12.6 Å². The Bertz CT molecular complexity index is 284. The minimum atomic E-state index is 0.209. The summed E-state index contributed by atoms with van der Waals surface area (Å²) in [6, 6.07) is 10.8. The van der Waals surface area contributed by atoms with Crippen molar-refractivity contribution in [3.8, 4) is 0 Å². The first kappa shape index (κ1) is 9.69. The second kappa shape index (κ2) is 4.11. The van der Waals surface area contributed by atoms with E-state index in [4.69, 9.17) is 4.74 Å². The molecule has 0 radical (unpaired) electrons. The fraction of sp³-hybridized carbons (Fsp3) is 0.500. The molecule has 0 amide bonds. The lowest BCUT2D eigenvalue weighted by Crippen LogP contribution is -2.29. The standard InChI is InChI=1S/C12H17NO/c1-9(2)12-13-11(8-14-12)10-6-4-3-5-7-10/h3-7,9,11-13H,8H2,1-2H3/t11-,12+/m1/s1. The van der Waals surface area contributed by atoms with E-state index in [1.54, 1.807) is 0 Å². The van der Waals surface area contributed by atoms with E-state index in [0.717, 1.165) is 6.61 Å². The van der Waals surface area contributed by atoms with Crippen molar-refractivity contribution in [3.05, 3.63) is 35.9 Å². The highest BCUT2D eigenvalue weighted by Gasteiger charge is 2.27. The SMILES string of the molecule is CC(C)[C@H]1N[C@@H](c2ccccc2)CO1. The number of hydrogen-bond donors (Lipinski definition) is 1. The van der Waals surface area contributed by atoms with Crippen molar-refractivity contribution in [2.45, 2.75) is 26.1 Å². The summed E-state index contributed by atoms with van der Waals surface area (Å²) in [5.41, 5.74) is 1.32. The van der Waals surface area contributed by atoms with E-state index < -0.39 is 0 Å². The van der Waals surface area contributed by atoms with Crippen LogP contribution in [0.25, 0.3) is 0 Å². The van der Waals surface area contributed by atoms with Gasteiger partial charge in [-0.2, -0.15) is 0 Å². The van der Waals surface area contributed by atoms with Gasteiger partial charge in [-0.1, -0.05) is 44.2 Å². The quantitative estimate of drug-likeness (QED) is 0.774. The van der Waals surface area contributed by atoms with E-state index in [0.29, 0.717) is 12.0 Å². The maximum atomic E-state index is 5.67. The van der Waals surface area contributed by atoms with Crippen LogP contribution in [0.4, 0.5) is 0 Å². The van der Waals surface area contributed by atoms with Crippen LogP contribution in [-0.4, -0.2) is 12.8 Å². The number of nitrogens with one attached hydrogen (secondary N) is 1. The van der Waals surface area contributed by atoms with E-state index in [1.165, 1.54) is 5.56 Å². The molecule has 76 valence electrons. The Hall–Kier alpha value is -0.860. The molecule has 0 bridgehead atoms. The van der Waals surface area contributed by atoms with Crippen LogP contribution >= 0.6 is 0 Å². The second-order valence-corrected chi connectivity index (χ2v) is 4.13. The molecular weight excluding hydrogens is 174 g/mol. The number of rotatable bonds is 2. The summed E-state index contributed by atoms with van der Waals surface area (Å²) in [5.74, 6) is 0.531. The van der Waals surface area contributed by atoms with Crippen LogP contribution in [0.1, 0.15) is 25.5 Å². The maximum Gasteiger partial charge on any atom is 0.111 e. The van der Waals surface area contributed by atoms with Crippen LogP contribution in [0.15, 0.2) is 30.3 Å². The summed E-state index contributed by atoms with van der Waals surface area (Å²) in [6.45, 7) is 5.13. The summed E-state index contributed by atoms with van der Waals surface area (Å²) in [6.07, 6.45) is 0.209. The summed E-state index contributed by atoms with van der Waals surface area (Å²) in [7, 11) is 0. The van der Waals surface area contributed by atoms with Crippen molar-refractivity contribution in [3.63, 3.8) is 0 Å². The van der Waals surface area contributed by atoms with Crippen LogP contribution in [-0.2, 0) is 4.74 Å². The van der Waals surface area contributed by atoms with Crippen molar-refractivity contribution in [2.75, 3.05) is 6.61 Å². The Labute approximate surface area is 85.3 Å². The van der Waals surface area contributed by atoms with Crippen molar-refractivity contribution in [1.29, 1.82) is 0 Å². The predicted octanol–water partition coefficient (Wildman–Crippen LogP) is 2.33. The molecule has 0 spiro atoms. The molecule has 1 heterocycles. The van der Waals surface area contributed by atoms with E-state index in [2.05, 4.69) is 43.4 Å². The molecule has 2 rings (SSSR count). The van der Waals surface area contributed by atoms with E-state index in [9.17, 15) is 0 Å². The van der Waals surface area contributed by atoms with Gasteiger partial charge in [-0.05, 0) is 11.5 Å². The van der Waals surface area contributed by atoms with Gasteiger partial charge in [-0.25, -0.2) is 0 Å². The molecule has 1 aliphatic rings. The smallest absolute Gasteiger partial charge is 0.111 e. The topological polar surface area (TPSA) is 21.3 Å². The molecule has 1 aromatic rings. The second-order valence-electron chi connectivity index (χ2n) is 4.13. The van der Waals surface area contributed by atoms with Gasteiger partial charge in [-0.3, -0.25) is 5.32 Å². The highest BCUT2D eigenvalue weighted by molar-refractivity contribution is 5.19. The molecule has 0 aliphatic carbocycles. The van der Waals surface area contributed by atoms with Gasteiger partial charge < -0.3 is 4.74 Å². The molecule has 2 nitrogen and oxygen atoms in total. The Morgan fingerprint density at radius 1 is 1.29 bits per heavy atom. The van der Waals surface area contributed by atoms with E-state index in [1.807, 2.05) is 6.07 Å².